The molecular weight excluding hydrogens is 1210 g/mol. The van der Waals surface area contributed by atoms with E-state index in [1.807, 2.05) is 92.5 Å². The number of hydrogen-bond donors (Lipinski definition) is 6. The first-order valence-corrected chi connectivity index (χ1v) is 33.8. The molecule has 0 saturated heterocycles. The lowest BCUT2D eigenvalue weighted by molar-refractivity contribution is 0.629. The van der Waals surface area contributed by atoms with E-state index in [0.717, 1.165) is 141 Å². The summed E-state index contributed by atoms with van der Waals surface area (Å²) in [5.74, 6) is -0.642. The van der Waals surface area contributed by atoms with Gasteiger partial charge in [-0.25, -0.2) is 17.6 Å². The number of nitrogens with zero attached hydrogens (tertiary/aromatic N) is 3. The molecule has 14 rings (SSSR count). The molecule has 0 aliphatic heterocycles. The van der Waals surface area contributed by atoms with E-state index < -0.39 is 0 Å². The van der Waals surface area contributed by atoms with Crippen molar-refractivity contribution in [2.45, 2.75) is 145 Å². The maximum atomic E-state index is 13.1. The molecule has 6 N–H and O–H groups in total. The summed E-state index contributed by atoms with van der Waals surface area (Å²) in [6, 6.07) is 41.4. The first-order valence-electron chi connectivity index (χ1n) is 33.4. The van der Waals surface area contributed by atoms with Gasteiger partial charge in [0.1, 0.15) is 23.3 Å². The number of aromatic nitrogens is 7. The summed E-state index contributed by atoms with van der Waals surface area (Å²) in [6.07, 6.45) is 30.6. The molecule has 0 unspecified atom stereocenters. The average Bonchev–Trinajstić information content (AvgIpc) is 1.79. The summed E-state index contributed by atoms with van der Waals surface area (Å²) in [4.78, 5) is 19.1. The summed E-state index contributed by atoms with van der Waals surface area (Å²) < 4.78 is 53.9. The van der Waals surface area contributed by atoms with Crippen LogP contribution in [0.2, 0.25) is 5.02 Å². The third-order valence-corrected chi connectivity index (χ3v) is 17.0. The highest BCUT2D eigenvalue weighted by Crippen LogP contribution is 2.28. The Labute approximate surface area is 560 Å². The van der Waals surface area contributed by atoms with Crippen molar-refractivity contribution < 1.29 is 17.6 Å². The minimum absolute atomic E-state index is 0.152. The predicted octanol–water partition coefficient (Wildman–Crippen LogP) is 23.2. The van der Waals surface area contributed by atoms with E-state index in [0.29, 0.717) is 0 Å². The number of nitriles is 2. The fraction of sp³-hybridized carbons (Fsp3) is 0.284. The molecule has 0 spiro atoms. The molecule has 14 aromatic rings. The van der Waals surface area contributed by atoms with E-state index in [-0.39, 0.29) is 23.3 Å². The highest BCUT2D eigenvalue weighted by Gasteiger charge is 2.10. The van der Waals surface area contributed by atoms with Crippen LogP contribution in [0.25, 0.3) is 76.3 Å². The monoisotopic (exact) mass is 1300 g/mol. The van der Waals surface area contributed by atoms with Gasteiger partial charge in [-0.1, -0.05) is 98.6 Å². The van der Waals surface area contributed by atoms with Crippen molar-refractivity contribution in [3.05, 3.63) is 249 Å². The van der Waals surface area contributed by atoms with Crippen LogP contribution in [0.3, 0.4) is 0 Å². The quantitative estimate of drug-likeness (QED) is 0.0568. The lowest BCUT2D eigenvalue weighted by atomic mass is 10.1. The number of benzene rings is 7. The minimum atomic E-state index is -0.170. The zero-order chi connectivity index (χ0) is 67.8. The van der Waals surface area contributed by atoms with Gasteiger partial charge in [0.2, 0.25) is 0 Å². The molecular formula is C81H88ClF4N9. The largest absolute Gasteiger partial charge is 0.361 e. The van der Waals surface area contributed by atoms with E-state index >= 15 is 0 Å². The number of nitrogens with one attached hydrogen (secondary N) is 6. The van der Waals surface area contributed by atoms with Crippen LogP contribution in [-0.4, -0.2) is 34.5 Å². The molecule has 9 nitrogen and oxygen atoms in total. The van der Waals surface area contributed by atoms with E-state index in [4.69, 9.17) is 22.1 Å². The van der Waals surface area contributed by atoms with Gasteiger partial charge in [-0.05, 0) is 224 Å². The van der Waals surface area contributed by atoms with Crippen LogP contribution in [0.5, 0.6) is 0 Å². The van der Waals surface area contributed by atoms with E-state index in [1.165, 1.54) is 111 Å². The Kier molecular flexibility index (Phi) is 26.6. The molecule has 0 aliphatic carbocycles. The third-order valence-electron chi connectivity index (χ3n) is 16.8. The molecule has 0 amide bonds. The van der Waals surface area contributed by atoms with Crippen molar-refractivity contribution in [2.24, 2.45) is 7.05 Å². The minimum Gasteiger partial charge on any atom is -0.361 e. The Morgan fingerprint density at radius 1 is 0.347 bits per heavy atom. The molecule has 7 aromatic carbocycles. The van der Waals surface area contributed by atoms with Crippen LogP contribution in [0.15, 0.2) is 171 Å². The summed E-state index contributed by atoms with van der Waals surface area (Å²) in [5, 5.41) is 26.2. The Morgan fingerprint density at radius 2 is 0.653 bits per heavy atom. The molecule has 0 atom stereocenters. The standard InChI is InChI=1S/C13H14N2.2C12H14FN.C12H12N2.C11H12ClN.C11H12FN.C10H10FN/c1-2-3-4-11-9-15-13-6-5-10(8-14)7-12(11)13;1-3-4-9-8-14(2)12-6-5-10(13)7-11(9)12;1-2-3-4-9-8-14-12-6-5-10(13)7-11(9)12;1-2-3-10-8-14-12-5-4-9(7-13)6-11(10)12;2*1-2-3-8-7-13-11-5-4-9(12)6-10(8)11;1-2-7-6-12-10-4-3-8(11)5-9(7)10/h5-7,9,15H,2-4H2,1H3;5-8H,3-4H2,1-2H3;5-8,14H,2-4H2,1H3;4-6,8,14H,2-3H2,1H3;2*4-7,13H,2-3H2,1H3;3-6,12H,2H2,1H3. The molecule has 0 radical (unpaired) electrons. The molecule has 0 bridgehead atoms. The Bertz CT molecular complexity index is 4740. The number of halogens is 5. The zero-order valence-corrected chi connectivity index (χ0v) is 56.8. The summed E-state index contributed by atoms with van der Waals surface area (Å²) >= 11 is 5.93. The molecule has 0 fully saturated rings. The van der Waals surface area contributed by atoms with Crippen molar-refractivity contribution in [3.63, 3.8) is 0 Å². The average molecular weight is 1300 g/mol. The Morgan fingerprint density at radius 3 is 1.02 bits per heavy atom. The highest BCUT2D eigenvalue weighted by molar-refractivity contribution is 6.31. The zero-order valence-electron chi connectivity index (χ0n) is 56.0. The van der Waals surface area contributed by atoms with Gasteiger partial charge in [0.15, 0.2) is 0 Å². The smallest absolute Gasteiger partial charge is 0.123 e. The van der Waals surface area contributed by atoms with Crippen LogP contribution in [0.1, 0.15) is 150 Å². The number of hydrogen-bond acceptors (Lipinski definition) is 2. The Balaban J connectivity index is 0.000000142. The van der Waals surface area contributed by atoms with Crippen molar-refractivity contribution >= 4 is 87.9 Å². The summed E-state index contributed by atoms with van der Waals surface area (Å²) in [5.41, 5.74) is 17.9. The van der Waals surface area contributed by atoms with Gasteiger partial charge in [-0.3, -0.25) is 0 Å². The second-order valence-electron chi connectivity index (χ2n) is 23.9. The lowest BCUT2D eigenvalue weighted by Crippen LogP contribution is -1.83. The molecule has 0 saturated carbocycles. The van der Waals surface area contributed by atoms with Crippen LogP contribution in [-0.2, 0) is 52.0 Å². The second-order valence-corrected chi connectivity index (χ2v) is 24.3. The molecule has 492 valence electrons. The predicted molar refractivity (Wildman–Crippen MR) is 390 cm³/mol. The first kappa shape index (κ1) is 71.2. The first-order chi connectivity index (χ1) is 46.1. The number of rotatable bonds is 15. The molecule has 7 heterocycles. The van der Waals surface area contributed by atoms with Crippen LogP contribution in [0.4, 0.5) is 17.6 Å². The summed E-state index contributed by atoms with van der Waals surface area (Å²) in [7, 11) is 2.00. The topological polar surface area (TPSA) is 147 Å². The molecule has 95 heavy (non-hydrogen) atoms. The fourth-order valence-corrected chi connectivity index (χ4v) is 12.1. The number of H-pyrrole nitrogens is 6. The van der Waals surface area contributed by atoms with Gasteiger partial charge >= 0.3 is 0 Å². The van der Waals surface area contributed by atoms with E-state index in [9.17, 15) is 17.6 Å². The van der Waals surface area contributed by atoms with Crippen molar-refractivity contribution in [1.82, 2.24) is 34.5 Å². The van der Waals surface area contributed by atoms with Crippen LogP contribution >= 0.6 is 11.6 Å². The van der Waals surface area contributed by atoms with Gasteiger partial charge in [0, 0.05) is 132 Å². The SMILES string of the molecule is CCCCc1c[nH]c2ccc(C#N)cc12.CCCCc1c[nH]c2ccc(F)cc12.CCCc1c[nH]c2ccc(C#N)cc12.CCCc1c[nH]c2ccc(Cl)cc12.CCCc1c[nH]c2ccc(F)cc12.CCCc1cn(C)c2ccc(F)cc12.CCc1c[nH]c2ccc(F)cc12. The lowest BCUT2D eigenvalue weighted by Gasteiger charge is -1.97. The fourth-order valence-electron chi connectivity index (χ4n) is 11.9. The normalized spacial score (nSPS) is 10.8. The number of unbranched alkanes of at least 4 members (excludes halogenated alkanes) is 2. The Hall–Kier alpha value is -9.69. The molecule has 14 heteroatoms. The van der Waals surface area contributed by atoms with Crippen LogP contribution in [0, 0.1) is 45.9 Å². The third kappa shape index (κ3) is 19.0. The second kappa shape index (κ2) is 35.5. The molecule has 0 aliphatic rings. The van der Waals surface area contributed by atoms with E-state index in [1.54, 1.807) is 42.5 Å². The van der Waals surface area contributed by atoms with Gasteiger partial charge < -0.3 is 34.5 Å². The van der Waals surface area contributed by atoms with Gasteiger partial charge in [-0.2, -0.15) is 10.5 Å². The van der Waals surface area contributed by atoms with Crippen molar-refractivity contribution in [2.75, 3.05) is 0 Å². The summed E-state index contributed by atoms with van der Waals surface area (Å²) in [6.45, 7) is 15.0. The van der Waals surface area contributed by atoms with Gasteiger partial charge in [0.25, 0.3) is 0 Å². The molecule has 7 aromatic heterocycles. The van der Waals surface area contributed by atoms with E-state index in [2.05, 4.69) is 114 Å². The van der Waals surface area contributed by atoms with Gasteiger partial charge in [0.05, 0.1) is 23.3 Å². The maximum absolute atomic E-state index is 13.1. The number of aryl methyl sites for hydroxylation is 8. The van der Waals surface area contributed by atoms with Crippen molar-refractivity contribution in [1.29, 1.82) is 10.5 Å². The van der Waals surface area contributed by atoms with Crippen LogP contribution < -0.4 is 0 Å². The number of fused-ring (bicyclic) bond motifs is 7. The highest BCUT2D eigenvalue weighted by atomic mass is 35.5. The number of aromatic amines is 6. The maximum Gasteiger partial charge on any atom is 0.123 e. The van der Waals surface area contributed by atoms with Crippen molar-refractivity contribution in [3.8, 4) is 12.1 Å². The van der Waals surface area contributed by atoms with Gasteiger partial charge in [-0.15, -0.1) is 0 Å².